The van der Waals surface area contributed by atoms with Crippen LogP contribution >= 0.6 is 0 Å². The maximum Gasteiger partial charge on any atom is 0.159 e. The van der Waals surface area contributed by atoms with E-state index in [1.54, 1.807) is 0 Å². The van der Waals surface area contributed by atoms with E-state index in [4.69, 9.17) is 0 Å². The van der Waals surface area contributed by atoms with Crippen LogP contribution < -0.4 is 0 Å². The predicted octanol–water partition coefficient (Wildman–Crippen LogP) is 3.12. The Morgan fingerprint density at radius 1 is 1.17 bits per heavy atom. The zero-order valence-corrected chi connectivity index (χ0v) is 11.2. The molecule has 4 heteroatoms. The average molecular weight is 257 g/mol. The highest BCUT2D eigenvalue weighted by Gasteiger charge is 2.17. The summed E-state index contributed by atoms with van der Waals surface area (Å²) < 4.78 is 25.9. The summed E-state index contributed by atoms with van der Waals surface area (Å²) in [6.45, 7) is 4.60. The van der Waals surface area contributed by atoms with Crippen LogP contribution in [0.15, 0.2) is 18.2 Å². The molecule has 0 aliphatic carbocycles. The predicted molar refractivity (Wildman–Crippen MR) is 68.3 cm³/mol. The Bertz CT molecular complexity index is 380. The first kappa shape index (κ1) is 15.1. The number of aliphatic hydroxyl groups is 1. The molecule has 1 rings (SSSR count). The molecule has 0 aromatic heterocycles. The summed E-state index contributed by atoms with van der Waals surface area (Å²) in [7, 11) is 1.93. The molecule has 18 heavy (non-hydrogen) atoms. The lowest BCUT2D eigenvalue weighted by Gasteiger charge is -2.28. The highest BCUT2D eigenvalue weighted by Crippen LogP contribution is 2.18. The third-order valence-corrected chi connectivity index (χ3v) is 3.36. The van der Waals surface area contributed by atoms with Crippen LogP contribution in [0.3, 0.4) is 0 Å². The Labute approximate surface area is 107 Å². The molecule has 0 aliphatic heterocycles. The molecule has 1 unspecified atom stereocenters. The number of aliphatic hydroxyl groups excluding tert-OH is 1. The first-order valence-corrected chi connectivity index (χ1v) is 6.32. The maximum atomic E-state index is 13.1. The number of rotatable bonds is 6. The second kappa shape index (κ2) is 6.81. The number of hydrogen-bond donors (Lipinski definition) is 1. The van der Waals surface area contributed by atoms with Crippen LogP contribution in [0.2, 0.25) is 0 Å². The van der Waals surface area contributed by atoms with Crippen molar-refractivity contribution in [1.82, 2.24) is 4.90 Å². The van der Waals surface area contributed by atoms with Crippen LogP contribution in [0.5, 0.6) is 0 Å². The molecule has 1 aromatic rings. The second-order valence-corrected chi connectivity index (χ2v) is 4.60. The summed E-state index contributed by atoms with van der Waals surface area (Å²) in [5, 5.41) is 10.0. The standard InChI is InChI=1S/C14H21F2NO/c1-4-11(5-2)17(3)9-14(18)10-6-7-12(15)13(16)8-10/h6-8,11,14,18H,4-5,9H2,1-3H3. The Kier molecular flexibility index (Phi) is 5.69. The van der Waals surface area contributed by atoms with Crippen LogP contribution in [0.1, 0.15) is 38.4 Å². The van der Waals surface area contributed by atoms with E-state index in [1.807, 2.05) is 11.9 Å². The van der Waals surface area contributed by atoms with Crippen molar-refractivity contribution in [2.45, 2.75) is 38.8 Å². The van der Waals surface area contributed by atoms with Gasteiger partial charge in [0, 0.05) is 12.6 Å². The minimum Gasteiger partial charge on any atom is -0.387 e. The fourth-order valence-corrected chi connectivity index (χ4v) is 2.16. The van der Waals surface area contributed by atoms with E-state index >= 15 is 0 Å². The molecule has 0 radical (unpaired) electrons. The van der Waals surface area contributed by atoms with E-state index in [1.165, 1.54) is 6.07 Å². The first-order chi connectivity index (χ1) is 8.49. The van der Waals surface area contributed by atoms with Gasteiger partial charge in [0.2, 0.25) is 0 Å². The molecule has 0 aliphatic rings. The second-order valence-electron chi connectivity index (χ2n) is 4.60. The fraction of sp³-hybridized carbons (Fsp3) is 0.571. The van der Waals surface area contributed by atoms with Crippen molar-refractivity contribution in [2.75, 3.05) is 13.6 Å². The Morgan fingerprint density at radius 2 is 1.78 bits per heavy atom. The van der Waals surface area contributed by atoms with Crippen LogP contribution in [0.25, 0.3) is 0 Å². The lowest BCUT2D eigenvalue weighted by atomic mass is 10.1. The molecule has 0 fully saturated rings. The fourth-order valence-electron chi connectivity index (χ4n) is 2.16. The van der Waals surface area contributed by atoms with E-state index in [-0.39, 0.29) is 0 Å². The summed E-state index contributed by atoms with van der Waals surface area (Å²) in [5.41, 5.74) is 0.409. The third-order valence-electron chi connectivity index (χ3n) is 3.36. The average Bonchev–Trinajstić information content (AvgIpc) is 2.34. The van der Waals surface area contributed by atoms with Crippen LogP contribution in [0, 0.1) is 11.6 Å². The highest BCUT2D eigenvalue weighted by atomic mass is 19.2. The lowest BCUT2D eigenvalue weighted by Crippen LogP contribution is -2.34. The van der Waals surface area contributed by atoms with Crippen molar-refractivity contribution in [3.8, 4) is 0 Å². The van der Waals surface area contributed by atoms with Gasteiger partial charge in [-0.1, -0.05) is 19.9 Å². The zero-order chi connectivity index (χ0) is 13.7. The van der Waals surface area contributed by atoms with Crippen molar-refractivity contribution in [3.05, 3.63) is 35.4 Å². The summed E-state index contributed by atoms with van der Waals surface area (Å²) >= 11 is 0. The molecule has 0 bridgehead atoms. The van der Waals surface area contributed by atoms with Gasteiger partial charge in [0.1, 0.15) is 0 Å². The molecule has 0 amide bonds. The van der Waals surface area contributed by atoms with E-state index < -0.39 is 17.7 Å². The molecule has 1 aromatic carbocycles. The minimum absolute atomic E-state index is 0.393. The van der Waals surface area contributed by atoms with Gasteiger partial charge in [-0.05, 0) is 37.6 Å². The van der Waals surface area contributed by atoms with Gasteiger partial charge < -0.3 is 10.0 Å². The summed E-state index contributed by atoms with van der Waals surface area (Å²) in [6, 6.07) is 3.92. The maximum absolute atomic E-state index is 13.1. The molecule has 0 saturated heterocycles. The molecule has 102 valence electrons. The normalized spacial score (nSPS) is 13.3. The number of likely N-dealkylation sites (N-methyl/N-ethyl adjacent to an activating group) is 1. The van der Waals surface area contributed by atoms with Crippen molar-refractivity contribution in [1.29, 1.82) is 0 Å². The van der Waals surface area contributed by atoms with Gasteiger partial charge >= 0.3 is 0 Å². The summed E-state index contributed by atoms with van der Waals surface area (Å²) in [6.07, 6.45) is 1.19. The molecule has 2 nitrogen and oxygen atoms in total. The van der Waals surface area contributed by atoms with Gasteiger partial charge in [-0.15, -0.1) is 0 Å². The van der Waals surface area contributed by atoms with Gasteiger partial charge in [-0.3, -0.25) is 0 Å². The number of hydrogen-bond acceptors (Lipinski definition) is 2. The monoisotopic (exact) mass is 257 g/mol. The molecular formula is C14H21F2NO. The van der Waals surface area contributed by atoms with Gasteiger partial charge in [0.15, 0.2) is 11.6 Å². The Hall–Kier alpha value is -1.00. The van der Waals surface area contributed by atoms with E-state index in [2.05, 4.69) is 13.8 Å². The topological polar surface area (TPSA) is 23.5 Å². The molecule has 0 saturated carbocycles. The van der Waals surface area contributed by atoms with Gasteiger partial charge in [-0.2, -0.15) is 0 Å². The molecule has 0 spiro atoms. The quantitative estimate of drug-likeness (QED) is 0.846. The Balaban J connectivity index is 2.69. The van der Waals surface area contributed by atoms with Crippen LogP contribution in [-0.4, -0.2) is 29.6 Å². The summed E-state index contributed by atoms with van der Waals surface area (Å²) in [5.74, 6) is -1.81. The van der Waals surface area contributed by atoms with Gasteiger partial charge in [0.05, 0.1) is 6.10 Å². The molecule has 1 atom stereocenters. The lowest BCUT2D eigenvalue weighted by molar-refractivity contribution is 0.101. The summed E-state index contributed by atoms with van der Waals surface area (Å²) in [4.78, 5) is 2.05. The Morgan fingerprint density at radius 3 is 2.28 bits per heavy atom. The minimum atomic E-state index is -0.920. The third kappa shape index (κ3) is 3.75. The van der Waals surface area contributed by atoms with E-state index in [0.717, 1.165) is 25.0 Å². The molecule has 0 heterocycles. The zero-order valence-electron chi connectivity index (χ0n) is 11.2. The molecular weight excluding hydrogens is 236 g/mol. The number of benzene rings is 1. The van der Waals surface area contributed by atoms with Crippen LogP contribution in [-0.2, 0) is 0 Å². The number of nitrogens with zero attached hydrogens (tertiary/aromatic N) is 1. The molecule has 1 N–H and O–H groups in total. The van der Waals surface area contributed by atoms with Crippen molar-refractivity contribution >= 4 is 0 Å². The van der Waals surface area contributed by atoms with E-state index in [9.17, 15) is 13.9 Å². The van der Waals surface area contributed by atoms with Gasteiger partial charge in [-0.25, -0.2) is 8.78 Å². The smallest absolute Gasteiger partial charge is 0.159 e. The number of halogens is 2. The van der Waals surface area contributed by atoms with Crippen molar-refractivity contribution in [2.24, 2.45) is 0 Å². The van der Waals surface area contributed by atoms with Crippen molar-refractivity contribution < 1.29 is 13.9 Å². The SMILES string of the molecule is CCC(CC)N(C)CC(O)c1ccc(F)c(F)c1. The van der Waals surface area contributed by atoms with Crippen molar-refractivity contribution in [3.63, 3.8) is 0 Å². The highest BCUT2D eigenvalue weighted by molar-refractivity contribution is 5.20. The largest absolute Gasteiger partial charge is 0.387 e. The van der Waals surface area contributed by atoms with E-state index in [0.29, 0.717) is 18.2 Å². The first-order valence-electron chi connectivity index (χ1n) is 6.32. The van der Waals surface area contributed by atoms with Gasteiger partial charge in [0.25, 0.3) is 0 Å². The van der Waals surface area contributed by atoms with Crippen LogP contribution in [0.4, 0.5) is 8.78 Å².